The van der Waals surface area contributed by atoms with Gasteiger partial charge in [0.2, 0.25) is 11.7 Å². The molecule has 1 amide bonds. The van der Waals surface area contributed by atoms with Gasteiger partial charge in [0.25, 0.3) is 5.91 Å². The Hall–Kier alpha value is -3.52. The molecule has 0 spiro atoms. The van der Waals surface area contributed by atoms with Crippen LogP contribution in [-0.4, -0.2) is 36.6 Å². The number of rotatable bonds is 5. The molecule has 1 atom stereocenters. The van der Waals surface area contributed by atoms with Crippen LogP contribution in [0.25, 0.3) is 17.0 Å². The van der Waals surface area contributed by atoms with Crippen LogP contribution in [0.3, 0.4) is 0 Å². The number of aliphatic hydroxyl groups excluding tert-OH is 1. The fraction of sp³-hybridized carbons (Fsp3) is 0.200. The monoisotopic (exact) mass is 377 g/mol. The van der Waals surface area contributed by atoms with Gasteiger partial charge < -0.3 is 14.9 Å². The number of carbonyl (C=O) groups is 1. The summed E-state index contributed by atoms with van der Waals surface area (Å²) in [6, 6.07) is 11.1. The topological polar surface area (TPSA) is 106 Å². The number of aryl methyl sites for hydroxylation is 1. The number of amides is 1. The number of carbonyl (C=O) groups excluding carboxylic acids is 1. The third kappa shape index (κ3) is 3.49. The van der Waals surface area contributed by atoms with E-state index in [4.69, 9.17) is 4.52 Å². The lowest BCUT2D eigenvalue weighted by Gasteiger charge is -2.09. The van der Waals surface area contributed by atoms with Crippen molar-refractivity contribution in [3.05, 3.63) is 65.9 Å². The van der Waals surface area contributed by atoms with Crippen LogP contribution in [0.5, 0.6) is 0 Å². The number of nitrogens with one attached hydrogen (secondary N) is 1. The molecule has 0 saturated heterocycles. The zero-order chi connectivity index (χ0) is 19.7. The number of benzene rings is 1. The molecule has 1 aromatic carbocycles. The molecular weight excluding hydrogens is 358 g/mol. The molecule has 0 aliphatic heterocycles. The van der Waals surface area contributed by atoms with E-state index in [0.29, 0.717) is 34.3 Å². The second-order valence-electron chi connectivity index (χ2n) is 6.62. The first-order chi connectivity index (χ1) is 13.5. The summed E-state index contributed by atoms with van der Waals surface area (Å²) in [6.45, 7) is 3.56. The number of hydrogen-bond donors (Lipinski definition) is 2. The third-order valence-electron chi connectivity index (χ3n) is 4.33. The average molecular weight is 377 g/mol. The van der Waals surface area contributed by atoms with E-state index in [1.807, 2.05) is 37.3 Å². The molecule has 142 valence electrons. The van der Waals surface area contributed by atoms with E-state index in [9.17, 15) is 9.90 Å². The van der Waals surface area contributed by atoms with Crippen molar-refractivity contribution in [2.75, 3.05) is 5.32 Å². The summed E-state index contributed by atoms with van der Waals surface area (Å²) >= 11 is 0. The molecule has 4 aromatic rings. The van der Waals surface area contributed by atoms with Crippen LogP contribution in [0.15, 0.2) is 53.3 Å². The first-order valence-corrected chi connectivity index (χ1v) is 8.86. The summed E-state index contributed by atoms with van der Waals surface area (Å²) in [4.78, 5) is 21.3. The van der Waals surface area contributed by atoms with Gasteiger partial charge in [-0.25, -0.2) is 4.98 Å². The van der Waals surface area contributed by atoms with Crippen molar-refractivity contribution >= 4 is 17.2 Å². The van der Waals surface area contributed by atoms with E-state index in [0.717, 1.165) is 5.56 Å². The van der Waals surface area contributed by atoms with Gasteiger partial charge in [-0.3, -0.25) is 9.20 Å². The number of aliphatic hydroxyl groups is 1. The average Bonchev–Trinajstić information content (AvgIpc) is 3.30. The van der Waals surface area contributed by atoms with Crippen LogP contribution in [0.2, 0.25) is 0 Å². The molecule has 0 saturated carbocycles. The lowest BCUT2D eigenvalue weighted by Crippen LogP contribution is -2.15. The number of hydrogen-bond acceptors (Lipinski definition) is 6. The highest BCUT2D eigenvalue weighted by Gasteiger charge is 2.15. The Morgan fingerprint density at radius 1 is 1.32 bits per heavy atom. The van der Waals surface area contributed by atoms with Gasteiger partial charge in [0.1, 0.15) is 11.3 Å². The van der Waals surface area contributed by atoms with Crippen molar-refractivity contribution in [3.8, 4) is 11.4 Å². The molecule has 3 aromatic heterocycles. The summed E-state index contributed by atoms with van der Waals surface area (Å²) in [7, 11) is 0. The molecule has 0 aliphatic carbocycles. The lowest BCUT2D eigenvalue weighted by molar-refractivity contribution is 0.102. The quantitative estimate of drug-likeness (QED) is 0.554. The van der Waals surface area contributed by atoms with E-state index >= 15 is 0 Å². The highest BCUT2D eigenvalue weighted by atomic mass is 16.5. The van der Waals surface area contributed by atoms with Gasteiger partial charge >= 0.3 is 0 Å². The van der Waals surface area contributed by atoms with E-state index < -0.39 is 6.10 Å². The molecule has 8 nitrogen and oxygen atoms in total. The van der Waals surface area contributed by atoms with Gasteiger partial charge in [-0.15, -0.1) is 0 Å². The van der Waals surface area contributed by atoms with E-state index in [1.165, 1.54) is 0 Å². The minimum absolute atomic E-state index is 0.262. The van der Waals surface area contributed by atoms with Gasteiger partial charge in [0.05, 0.1) is 18.7 Å². The predicted molar refractivity (Wildman–Crippen MR) is 103 cm³/mol. The minimum atomic E-state index is -0.563. The van der Waals surface area contributed by atoms with Crippen molar-refractivity contribution in [3.63, 3.8) is 0 Å². The molecule has 8 heteroatoms. The van der Waals surface area contributed by atoms with Crippen molar-refractivity contribution < 1.29 is 14.4 Å². The number of fused-ring (bicyclic) bond motifs is 1. The zero-order valence-corrected chi connectivity index (χ0v) is 15.5. The lowest BCUT2D eigenvalue weighted by atomic mass is 10.1. The van der Waals surface area contributed by atoms with Gasteiger partial charge in [-0.2, -0.15) is 4.98 Å². The Morgan fingerprint density at radius 2 is 2.18 bits per heavy atom. The van der Waals surface area contributed by atoms with E-state index in [-0.39, 0.29) is 12.3 Å². The summed E-state index contributed by atoms with van der Waals surface area (Å²) in [5.74, 6) is 0.504. The molecule has 0 bridgehead atoms. The maximum absolute atomic E-state index is 12.8. The van der Waals surface area contributed by atoms with E-state index in [1.54, 1.807) is 29.8 Å². The minimum Gasteiger partial charge on any atom is -0.393 e. The van der Waals surface area contributed by atoms with Crippen molar-refractivity contribution in [1.29, 1.82) is 0 Å². The highest BCUT2D eigenvalue weighted by Crippen LogP contribution is 2.24. The molecule has 0 unspecified atom stereocenters. The number of imidazole rings is 1. The summed E-state index contributed by atoms with van der Waals surface area (Å²) < 4.78 is 6.90. The molecule has 0 aliphatic rings. The molecule has 0 fully saturated rings. The molecule has 0 radical (unpaired) electrons. The Morgan fingerprint density at radius 3 is 3.00 bits per heavy atom. The smallest absolute Gasteiger partial charge is 0.274 e. The molecule has 2 N–H and O–H groups in total. The van der Waals surface area contributed by atoms with Gasteiger partial charge in [-0.05, 0) is 37.6 Å². The van der Waals surface area contributed by atoms with E-state index in [2.05, 4.69) is 20.4 Å². The first kappa shape index (κ1) is 17.9. The second-order valence-corrected chi connectivity index (χ2v) is 6.62. The number of anilines is 1. The summed E-state index contributed by atoms with van der Waals surface area (Å²) in [5, 5.41) is 16.3. The third-order valence-corrected chi connectivity index (χ3v) is 4.33. The summed E-state index contributed by atoms with van der Waals surface area (Å²) in [6.07, 6.45) is 3.07. The maximum Gasteiger partial charge on any atom is 0.274 e. The van der Waals surface area contributed by atoms with Gasteiger partial charge in [-0.1, -0.05) is 23.4 Å². The fourth-order valence-electron chi connectivity index (χ4n) is 2.89. The standard InChI is InChI=1S/C20H19N5O3/c1-12-6-7-14(19-23-18(28-24-19)9-13(2)26)10-15(12)22-20(27)16-11-21-17-5-3-4-8-25(16)17/h3-8,10-11,13,26H,9H2,1-2H3,(H,22,27)/t13-/m0/s1. The van der Waals surface area contributed by atoms with Crippen molar-refractivity contribution in [2.24, 2.45) is 0 Å². The second kappa shape index (κ2) is 7.24. The molecule has 28 heavy (non-hydrogen) atoms. The van der Waals surface area contributed by atoms with Crippen LogP contribution < -0.4 is 5.32 Å². The van der Waals surface area contributed by atoms with Gasteiger partial charge in [0, 0.05) is 17.4 Å². The number of nitrogens with zero attached hydrogens (tertiary/aromatic N) is 4. The molecular formula is C20H19N5O3. The van der Waals surface area contributed by atoms with Gasteiger partial charge in [0.15, 0.2) is 0 Å². The van der Waals surface area contributed by atoms with Crippen LogP contribution in [0.4, 0.5) is 5.69 Å². The Bertz CT molecular complexity index is 1150. The number of pyridine rings is 1. The Labute approximate surface area is 160 Å². The normalized spacial score (nSPS) is 12.2. The zero-order valence-electron chi connectivity index (χ0n) is 15.5. The van der Waals surface area contributed by atoms with Crippen molar-refractivity contribution in [1.82, 2.24) is 19.5 Å². The maximum atomic E-state index is 12.8. The first-order valence-electron chi connectivity index (χ1n) is 8.86. The SMILES string of the molecule is Cc1ccc(-c2noc(C[C@H](C)O)n2)cc1NC(=O)c1cnc2ccccn12. The van der Waals surface area contributed by atoms with Crippen molar-refractivity contribution in [2.45, 2.75) is 26.4 Å². The fourth-order valence-corrected chi connectivity index (χ4v) is 2.89. The summed E-state index contributed by atoms with van der Waals surface area (Å²) in [5.41, 5.74) is 3.41. The Balaban J connectivity index is 1.60. The van der Waals surface area contributed by atoms with Crippen LogP contribution in [-0.2, 0) is 6.42 Å². The highest BCUT2D eigenvalue weighted by molar-refractivity contribution is 6.04. The largest absolute Gasteiger partial charge is 0.393 e. The van der Waals surface area contributed by atoms with Crippen LogP contribution in [0.1, 0.15) is 28.9 Å². The molecule has 4 rings (SSSR count). The van der Waals surface area contributed by atoms with Crippen LogP contribution >= 0.6 is 0 Å². The number of aromatic nitrogens is 4. The Kier molecular flexibility index (Phi) is 4.62. The molecule has 3 heterocycles. The predicted octanol–water partition coefficient (Wildman–Crippen LogP) is 2.87. The van der Waals surface area contributed by atoms with Crippen LogP contribution in [0, 0.1) is 6.92 Å².